The molecule has 0 aliphatic carbocycles. The molecule has 6 heteroatoms. The second kappa shape index (κ2) is 5.98. The number of rotatable bonds is 3. The van der Waals surface area contributed by atoms with Crippen LogP contribution in [0, 0.1) is 5.92 Å². The highest BCUT2D eigenvalue weighted by atomic mass is 19.3. The van der Waals surface area contributed by atoms with E-state index in [-0.39, 0.29) is 13.2 Å². The van der Waals surface area contributed by atoms with Crippen LogP contribution >= 0.6 is 0 Å². The van der Waals surface area contributed by atoms with Gasteiger partial charge in [0.05, 0.1) is 6.54 Å². The third-order valence-corrected chi connectivity index (χ3v) is 3.09. The molecular weight excluding hydrogens is 268 g/mol. The summed E-state index contributed by atoms with van der Waals surface area (Å²) in [6.45, 7) is -0.703. The first-order chi connectivity index (χ1) is 9.50. The molecule has 1 aliphatic heterocycles. The first-order valence-corrected chi connectivity index (χ1v) is 6.29. The number of likely N-dealkylation sites (tertiary alicyclic amines) is 1. The molecule has 0 spiro atoms. The van der Waals surface area contributed by atoms with Crippen LogP contribution in [0.2, 0.25) is 0 Å². The maximum absolute atomic E-state index is 13.4. The molecule has 4 nitrogen and oxygen atoms in total. The smallest absolute Gasteiger partial charge is 0.410 e. The highest BCUT2D eigenvalue weighted by Gasteiger charge is 2.42. The number of amides is 1. The Bertz CT molecular complexity index is 479. The summed E-state index contributed by atoms with van der Waals surface area (Å²) >= 11 is 0. The summed E-state index contributed by atoms with van der Waals surface area (Å²) in [5.41, 5.74) is 0.775. The molecule has 1 heterocycles. The lowest BCUT2D eigenvalue weighted by molar-refractivity contribution is -0.122. The standard InChI is InChI=1S/C14H15F2NO3/c15-14(16)6-12(8-18)7-17(10-14)13(19)20-9-11-4-2-1-3-5-11/h1-5,8,12H,6-7,9-10H2. The first kappa shape index (κ1) is 14.4. The fraction of sp³-hybridized carbons (Fsp3) is 0.429. The number of benzene rings is 1. The van der Waals surface area contributed by atoms with Gasteiger partial charge in [-0.15, -0.1) is 0 Å². The zero-order valence-corrected chi connectivity index (χ0v) is 10.8. The highest BCUT2D eigenvalue weighted by molar-refractivity contribution is 5.69. The van der Waals surface area contributed by atoms with Crippen molar-refractivity contribution >= 4 is 12.4 Å². The van der Waals surface area contributed by atoms with Crippen LogP contribution in [0.4, 0.5) is 13.6 Å². The van der Waals surface area contributed by atoms with Crippen LogP contribution in [0.3, 0.4) is 0 Å². The Morgan fingerprint density at radius 3 is 2.75 bits per heavy atom. The number of piperidine rings is 1. The van der Waals surface area contributed by atoms with Crippen LogP contribution in [-0.4, -0.2) is 36.3 Å². The molecule has 1 atom stereocenters. The van der Waals surface area contributed by atoms with Gasteiger partial charge < -0.3 is 14.4 Å². The zero-order valence-electron chi connectivity index (χ0n) is 10.8. The van der Waals surface area contributed by atoms with Crippen molar-refractivity contribution in [1.29, 1.82) is 0 Å². The lowest BCUT2D eigenvalue weighted by Gasteiger charge is -2.34. The van der Waals surface area contributed by atoms with Gasteiger partial charge in [0.15, 0.2) is 0 Å². The van der Waals surface area contributed by atoms with Gasteiger partial charge in [-0.25, -0.2) is 13.6 Å². The maximum Gasteiger partial charge on any atom is 0.410 e. The Labute approximate surface area is 115 Å². The van der Waals surface area contributed by atoms with Crippen LogP contribution in [0.25, 0.3) is 0 Å². The molecule has 0 saturated carbocycles. The van der Waals surface area contributed by atoms with Crippen LogP contribution in [0.15, 0.2) is 30.3 Å². The molecule has 0 N–H and O–H groups in total. The summed E-state index contributed by atoms with van der Waals surface area (Å²) in [4.78, 5) is 23.4. The SMILES string of the molecule is O=CC1CN(C(=O)OCc2ccccc2)CC(F)(F)C1. The first-order valence-electron chi connectivity index (χ1n) is 6.29. The second-order valence-electron chi connectivity index (χ2n) is 4.88. The Hall–Kier alpha value is -1.98. The van der Waals surface area contributed by atoms with Crippen molar-refractivity contribution in [2.45, 2.75) is 19.0 Å². The van der Waals surface area contributed by atoms with E-state index in [0.717, 1.165) is 10.5 Å². The third kappa shape index (κ3) is 3.76. The Kier molecular flexibility index (Phi) is 4.32. The van der Waals surface area contributed by atoms with E-state index < -0.39 is 30.9 Å². The number of hydrogen-bond donors (Lipinski definition) is 0. The number of carbonyl (C=O) groups excluding carboxylic acids is 2. The minimum Gasteiger partial charge on any atom is -0.445 e. The molecule has 1 aromatic carbocycles. The van der Waals surface area contributed by atoms with E-state index in [0.29, 0.717) is 6.29 Å². The molecule has 20 heavy (non-hydrogen) atoms. The van der Waals surface area contributed by atoms with Crippen molar-refractivity contribution in [2.24, 2.45) is 5.92 Å². The van der Waals surface area contributed by atoms with Gasteiger partial charge >= 0.3 is 6.09 Å². The number of halogens is 2. The second-order valence-corrected chi connectivity index (χ2v) is 4.88. The van der Waals surface area contributed by atoms with Crippen LogP contribution in [0.5, 0.6) is 0 Å². The van der Waals surface area contributed by atoms with Crippen molar-refractivity contribution < 1.29 is 23.1 Å². The number of ether oxygens (including phenoxy) is 1. The summed E-state index contributed by atoms with van der Waals surface area (Å²) in [7, 11) is 0. The van der Waals surface area contributed by atoms with Crippen molar-refractivity contribution in [2.75, 3.05) is 13.1 Å². The van der Waals surface area contributed by atoms with Crippen molar-refractivity contribution in [3.8, 4) is 0 Å². The maximum atomic E-state index is 13.4. The van der Waals surface area contributed by atoms with E-state index in [9.17, 15) is 18.4 Å². The number of nitrogens with zero attached hydrogens (tertiary/aromatic N) is 1. The Morgan fingerprint density at radius 1 is 1.40 bits per heavy atom. The summed E-state index contributed by atoms with van der Waals surface area (Å²) in [6.07, 6.45) is -0.871. The molecule has 2 rings (SSSR count). The molecule has 1 amide bonds. The monoisotopic (exact) mass is 283 g/mol. The third-order valence-electron chi connectivity index (χ3n) is 3.09. The number of aldehydes is 1. The van der Waals surface area contributed by atoms with Gasteiger partial charge in [0.25, 0.3) is 5.92 Å². The topological polar surface area (TPSA) is 46.6 Å². The zero-order chi connectivity index (χ0) is 14.6. The molecular formula is C14H15F2NO3. The molecule has 0 radical (unpaired) electrons. The molecule has 0 aromatic heterocycles. The normalized spacial score (nSPS) is 21.3. The minimum atomic E-state index is -3.05. The largest absolute Gasteiger partial charge is 0.445 e. The van der Waals surface area contributed by atoms with E-state index in [1.165, 1.54) is 0 Å². The van der Waals surface area contributed by atoms with E-state index in [2.05, 4.69) is 0 Å². The quantitative estimate of drug-likeness (QED) is 0.801. The van der Waals surface area contributed by atoms with Gasteiger partial charge in [0.2, 0.25) is 0 Å². The van der Waals surface area contributed by atoms with Crippen molar-refractivity contribution in [3.05, 3.63) is 35.9 Å². The predicted octanol–water partition coefficient (Wildman–Crippen LogP) is 2.48. The van der Waals surface area contributed by atoms with Gasteiger partial charge in [-0.2, -0.15) is 0 Å². The highest BCUT2D eigenvalue weighted by Crippen LogP contribution is 2.29. The van der Waals surface area contributed by atoms with E-state index in [1.807, 2.05) is 6.07 Å². The van der Waals surface area contributed by atoms with Gasteiger partial charge in [-0.1, -0.05) is 30.3 Å². The van der Waals surface area contributed by atoms with Gasteiger partial charge in [0, 0.05) is 18.9 Å². The molecule has 0 bridgehead atoms. The number of alkyl halides is 2. The molecule has 1 saturated heterocycles. The number of hydrogen-bond acceptors (Lipinski definition) is 3. The van der Waals surface area contributed by atoms with E-state index in [4.69, 9.17) is 4.74 Å². The lowest BCUT2D eigenvalue weighted by Crippen LogP contribution is -2.50. The number of carbonyl (C=O) groups is 2. The molecule has 1 unspecified atom stereocenters. The molecule has 1 fully saturated rings. The van der Waals surface area contributed by atoms with Gasteiger partial charge in [0.1, 0.15) is 12.9 Å². The van der Waals surface area contributed by atoms with Crippen molar-refractivity contribution in [1.82, 2.24) is 4.90 Å². The molecule has 1 aromatic rings. The van der Waals surface area contributed by atoms with Gasteiger partial charge in [-0.3, -0.25) is 0 Å². The average molecular weight is 283 g/mol. The lowest BCUT2D eigenvalue weighted by atomic mass is 9.97. The van der Waals surface area contributed by atoms with Crippen molar-refractivity contribution in [3.63, 3.8) is 0 Å². The summed E-state index contributed by atoms with van der Waals surface area (Å²) < 4.78 is 31.8. The van der Waals surface area contributed by atoms with E-state index >= 15 is 0 Å². The Morgan fingerprint density at radius 2 is 2.10 bits per heavy atom. The fourth-order valence-corrected chi connectivity index (χ4v) is 2.18. The van der Waals surface area contributed by atoms with Crippen LogP contribution in [-0.2, 0) is 16.1 Å². The Balaban J connectivity index is 1.93. The summed E-state index contributed by atoms with van der Waals surface area (Å²) in [6, 6.07) is 8.95. The van der Waals surface area contributed by atoms with E-state index in [1.54, 1.807) is 24.3 Å². The molecule has 108 valence electrons. The minimum absolute atomic E-state index is 0.0211. The summed E-state index contributed by atoms with van der Waals surface area (Å²) in [5.74, 6) is -3.89. The predicted molar refractivity (Wildman–Crippen MR) is 67.3 cm³/mol. The van der Waals surface area contributed by atoms with Gasteiger partial charge in [-0.05, 0) is 5.56 Å². The molecule has 1 aliphatic rings. The van der Waals surface area contributed by atoms with Crippen LogP contribution in [0.1, 0.15) is 12.0 Å². The average Bonchev–Trinajstić information content (AvgIpc) is 2.44. The summed E-state index contributed by atoms with van der Waals surface area (Å²) in [5, 5.41) is 0. The van der Waals surface area contributed by atoms with Crippen LogP contribution < -0.4 is 0 Å². The fourth-order valence-electron chi connectivity index (χ4n) is 2.18.